The first kappa shape index (κ1) is 19.6. The van der Waals surface area contributed by atoms with E-state index in [9.17, 15) is 9.59 Å². The number of nitrogens with one attached hydrogen (secondary N) is 3. The molecule has 152 valence electrons. The summed E-state index contributed by atoms with van der Waals surface area (Å²) in [6, 6.07) is 8.84. The molecule has 2 atom stereocenters. The largest absolute Gasteiger partial charge is 0.352 e. The van der Waals surface area contributed by atoms with Crippen LogP contribution in [0.2, 0.25) is 0 Å². The van der Waals surface area contributed by atoms with E-state index in [1.54, 1.807) is 11.3 Å². The molecule has 7 nitrogen and oxygen atoms in total. The fourth-order valence-electron chi connectivity index (χ4n) is 3.88. The number of nitrogens with zero attached hydrogens (tertiary/aromatic N) is 2. The standard InChI is InChI=1S/C21H25N5O2S/c1-26-16(3-4-17(26)11-24-21(28)18-12-22-13-25-18)9-20(27)23-10-14-2-5-19-15(8-14)6-7-29-19/h2,5-8,12-13,16-17H,3-4,9-11H2,1H3,(H,22,25)(H,23,27)(H,24,28)/t16-,17+/m1/s1. The Labute approximate surface area is 173 Å². The Balaban J connectivity index is 1.22. The molecule has 1 fully saturated rings. The molecular weight excluding hydrogens is 386 g/mol. The third-order valence-electron chi connectivity index (χ3n) is 5.65. The van der Waals surface area contributed by atoms with Crippen LogP contribution in [0.3, 0.4) is 0 Å². The molecule has 0 saturated carbocycles. The zero-order valence-corrected chi connectivity index (χ0v) is 17.2. The summed E-state index contributed by atoms with van der Waals surface area (Å²) in [6.07, 6.45) is 5.39. The summed E-state index contributed by atoms with van der Waals surface area (Å²) in [4.78, 5) is 33.4. The van der Waals surface area contributed by atoms with E-state index < -0.39 is 0 Å². The monoisotopic (exact) mass is 411 g/mol. The van der Waals surface area contributed by atoms with Crippen LogP contribution in [-0.2, 0) is 11.3 Å². The van der Waals surface area contributed by atoms with Gasteiger partial charge in [-0.3, -0.25) is 14.5 Å². The predicted molar refractivity (Wildman–Crippen MR) is 114 cm³/mol. The molecule has 0 unspecified atom stereocenters. The second-order valence-electron chi connectivity index (χ2n) is 7.50. The molecule has 2 aromatic heterocycles. The highest BCUT2D eigenvalue weighted by Gasteiger charge is 2.31. The summed E-state index contributed by atoms with van der Waals surface area (Å²) >= 11 is 1.72. The Morgan fingerprint density at radius 1 is 1.24 bits per heavy atom. The van der Waals surface area contributed by atoms with Crippen molar-refractivity contribution in [1.82, 2.24) is 25.5 Å². The number of aromatic amines is 1. The van der Waals surface area contributed by atoms with Crippen molar-refractivity contribution in [2.45, 2.75) is 37.9 Å². The number of hydrogen-bond acceptors (Lipinski definition) is 5. The van der Waals surface area contributed by atoms with Gasteiger partial charge in [0.25, 0.3) is 5.91 Å². The van der Waals surface area contributed by atoms with Crippen molar-refractivity contribution < 1.29 is 9.59 Å². The number of aromatic nitrogens is 2. The Bertz CT molecular complexity index is 984. The number of thiophene rings is 1. The highest BCUT2D eigenvalue weighted by atomic mass is 32.1. The summed E-state index contributed by atoms with van der Waals surface area (Å²) in [5, 5.41) is 9.28. The summed E-state index contributed by atoms with van der Waals surface area (Å²) in [5.41, 5.74) is 1.57. The molecule has 3 aromatic rings. The van der Waals surface area contributed by atoms with Gasteiger partial charge in [-0.05, 0) is 54.4 Å². The van der Waals surface area contributed by atoms with Gasteiger partial charge < -0.3 is 15.6 Å². The van der Waals surface area contributed by atoms with E-state index in [0.29, 0.717) is 25.2 Å². The Kier molecular flexibility index (Phi) is 5.92. The molecule has 8 heteroatoms. The van der Waals surface area contributed by atoms with E-state index in [1.165, 1.54) is 22.6 Å². The van der Waals surface area contributed by atoms with Crippen LogP contribution in [-0.4, -0.2) is 52.4 Å². The molecule has 2 amide bonds. The lowest BCUT2D eigenvalue weighted by molar-refractivity contribution is -0.122. The van der Waals surface area contributed by atoms with Gasteiger partial charge in [0.2, 0.25) is 5.91 Å². The maximum atomic E-state index is 12.4. The number of fused-ring (bicyclic) bond motifs is 1. The highest BCUT2D eigenvalue weighted by Crippen LogP contribution is 2.24. The number of carbonyl (C=O) groups is 2. The fraction of sp³-hybridized carbons (Fsp3) is 0.381. The molecule has 0 radical (unpaired) electrons. The molecule has 3 N–H and O–H groups in total. The topological polar surface area (TPSA) is 90.1 Å². The minimum atomic E-state index is -0.153. The number of likely N-dealkylation sites (N-methyl/N-ethyl adjacent to an activating group) is 1. The first-order valence-electron chi connectivity index (χ1n) is 9.81. The highest BCUT2D eigenvalue weighted by molar-refractivity contribution is 7.17. The zero-order chi connectivity index (χ0) is 20.2. The molecule has 0 spiro atoms. The smallest absolute Gasteiger partial charge is 0.269 e. The van der Waals surface area contributed by atoms with E-state index in [-0.39, 0.29) is 23.9 Å². The number of imidazole rings is 1. The summed E-state index contributed by atoms with van der Waals surface area (Å²) in [5.74, 6) is -0.0888. The Morgan fingerprint density at radius 3 is 2.93 bits per heavy atom. The maximum absolute atomic E-state index is 12.4. The second kappa shape index (κ2) is 8.75. The van der Waals surface area contributed by atoms with Crippen LogP contribution in [0.4, 0.5) is 0 Å². The Morgan fingerprint density at radius 2 is 2.10 bits per heavy atom. The van der Waals surface area contributed by atoms with Crippen LogP contribution in [0.1, 0.15) is 35.3 Å². The van der Waals surface area contributed by atoms with Gasteiger partial charge in [-0.25, -0.2) is 4.98 Å². The number of rotatable bonds is 7. The van der Waals surface area contributed by atoms with Crippen molar-refractivity contribution in [3.05, 3.63) is 53.4 Å². The van der Waals surface area contributed by atoms with Crippen molar-refractivity contribution in [3.63, 3.8) is 0 Å². The third kappa shape index (κ3) is 4.65. The molecule has 0 bridgehead atoms. The molecule has 29 heavy (non-hydrogen) atoms. The zero-order valence-electron chi connectivity index (χ0n) is 16.4. The van der Waals surface area contributed by atoms with Crippen LogP contribution in [0.25, 0.3) is 10.1 Å². The van der Waals surface area contributed by atoms with Gasteiger partial charge in [-0.1, -0.05) is 6.07 Å². The van der Waals surface area contributed by atoms with Gasteiger partial charge in [0.05, 0.1) is 12.5 Å². The third-order valence-corrected chi connectivity index (χ3v) is 6.55. The number of amides is 2. The molecule has 3 heterocycles. The van der Waals surface area contributed by atoms with Gasteiger partial charge in [0, 0.05) is 36.3 Å². The predicted octanol–water partition coefficient (Wildman–Crippen LogP) is 2.52. The minimum absolute atomic E-state index is 0.0643. The van der Waals surface area contributed by atoms with Gasteiger partial charge in [-0.15, -0.1) is 11.3 Å². The quantitative estimate of drug-likeness (QED) is 0.557. The minimum Gasteiger partial charge on any atom is -0.352 e. The van der Waals surface area contributed by atoms with Gasteiger partial charge in [0.15, 0.2) is 0 Å². The van der Waals surface area contributed by atoms with Crippen LogP contribution in [0.5, 0.6) is 0 Å². The normalized spacial score (nSPS) is 19.5. The van der Waals surface area contributed by atoms with E-state index in [2.05, 4.69) is 55.1 Å². The molecule has 1 saturated heterocycles. The first-order chi connectivity index (χ1) is 14.1. The number of H-pyrrole nitrogens is 1. The molecule has 1 aliphatic rings. The van der Waals surface area contributed by atoms with Crippen LogP contribution in [0.15, 0.2) is 42.2 Å². The van der Waals surface area contributed by atoms with Gasteiger partial charge in [-0.2, -0.15) is 0 Å². The maximum Gasteiger partial charge on any atom is 0.269 e. The SMILES string of the molecule is CN1[C@@H](CC(=O)NCc2ccc3sccc3c2)CC[C@H]1CNC(=O)c1cnc[nH]1. The molecule has 0 aliphatic carbocycles. The van der Waals surface area contributed by atoms with Crippen molar-refractivity contribution >= 4 is 33.2 Å². The van der Waals surface area contributed by atoms with E-state index >= 15 is 0 Å². The van der Waals surface area contributed by atoms with Gasteiger partial charge >= 0.3 is 0 Å². The summed E-state index contributed by atoms with van der Waals surface area (Å²) in [7, 11) is 2.03. The summed E-state index contributed by atoms with van der Waals surface area (Å²) in [6.45, 7) is 1.11. The number of benzene rings is 1. The average Bonchev–Trinajstić information content (AvgIpc) is 3.47. The number of hydrogen-bond donors (Lipinski definition) is 3. The van der Waals surface area contributed by atoms with Crippen LogP contribution in [0, 0.1) is 0 Å². The van der Waals surface area contributed by atoms with Crippen molar-refractivity contribution in [2.24, 2.45) is 0 Å². The lowest BCUT2D eigenvalue weighted by Crippen LogP contribution is -2.42. The van der Waals surface area contributed by atoms with Crippen LogP contribution < -0.4 is 10.6 Å². The van der Waals surface area contributed by atoms with E-state index in [0.717, 1.165) is 18.4 Å². The molecule has 1 aromatic carbocycles. The lowest BCUT2D eigenvalue weighted by atomic mass is 10.1. The first-order valence-corrected chi connectivity index (χ1v) is 10.7. The van der Waals surface area contributed by atoms with E-state index in [4.69, 9.17) is 0 Å². The average molecular weight is 412 g/mol. The Hall–Kier alpha value is -2.71. The summed E-state index contributed by atoms with van der Waals surface area (Å²) < 4.78 is 1.26. The lowest BCUT2D eigenvalue weighted by Gasteiger charge is -2.25. The van der Waals surface area contributed by atoms with Crippen molar-refractivity contribution in [3.8, 4) is 0 Å². The second-order valence-corrected chi connectivity index (χ2v) is 8.45. The van der Waals surface area contributed by atoms with Crippen molar-refractivity contribution in [2.75, 3.05) is 13.6 Å². The van der Waals surface area contributed by atoms with E-state index in [1.807, 2.05) is 7.05 Å². The van der Waals surface area contributed by atoms with Crippen LogP contribution >= 0.6 is 11.3 Å². The molecular formula is C21H25N5O2S. The van der Waals surface area contributed by atoms with Gasteiger partial charge in [0.1, 0.15) is 5.69 Å². The fourth-order valence-corrected chi connectivity index (χ4v) is 4.65. The van der Waals surface area contributed by atoms with Crippen molar-refractivity contribution in [1.29, 1.82) is 0 Å². The molecule has 1 aliphatic heterocycles. The molecule has 4 rings (SSSR count). The number of carbonyl (C=O) groups excluding carboxylic acids is 2. The number of likely N-dealkylation sites (tertiary alicyclic amines) is 1.